The summed E-state index contributed by atoms with van der Waals surface area (Å²) in [4.78, 5) is 27.0. The third-order valence-electron chi connectivity index (χ3n) is 5.38. The van der Waals surface area contributed by atoms with Gasteiger partial charge in [-0.15, -0.1) is 0 Å². The molecule has 1 saturated heterocycles. The lowest BCUT2D eigenvalue weighted by Gasteiger charge is -2.22. The van der Waals surface area contributed by atoms with Gasteiger partial charge in [0.25, 0.3) is 5.91 Å². The molecular weight excluding hydrogens is 352 g/mol. The molecule has 0 saturated carbocycles. The lowest BCUT2D eigenvalue weighted by atomic mass is 9.98. The molecule has 0 spiro atoms. The fraction of sp³-hybridized carbons (Fsp3) is 0.273. The van der Waals surface area contributed by atoms with Gasteiger partial charge < -0.3 is 21.4 Å². The number of hydrogen-bond donors (Lipinski definition) is 4. The number of hydrogen-bond acceptors (Lipinski definition) is 3. The zero-order valence-corrected chi connectivity index (χ0v) is 15.6. The van der Waals surface area contributed by atoms with Crippen molar-refractivity contribution in [2.75, 3.05) is 19.6 Å². The number of nitrogens with one attached hydrogen (secondary N) is 3. The van der Waals surface area contributed by atoms with Crippen LogP contribution in [0, 0.1) is 5.92 Å². The quantitative estimate of drug-likeness (QED) is 0.551. The highest BCUT2D eigenvalue weighted by molar-refractivity contribution is 5.99. The standard InChI is InChI=1S/C22H24N4O2/c23-21(27)16-3-1-15(2-4-16)17-5-6-18-12-20(26-19(18)11-17)22(28)25-13-14-7-9-24-10-8-14/h1-6,11-12,14,24,26H,7-10,13H2,(H2,23,27)(H,25,28). The Morgan fingerprint density at radius 1 is 1.00 bits per heavy atom. The molecule has 0 bridgehead atoms. The van der Waals surface area contributed by atoms with Gasteiger partial charge in [-0.05, 0) is 67.2 Å². The van der Waals surface area contributed by atoms with E-state index in [9.17, 15) is 9.59 Å². The van der Waals surface area contributed by atoms with E-state index in [1.54, 1.807) is 12.1 Å². The molecule has 6 nitrogen and oxygen atoms in total. The van der Waals surface area contributed by atoms with Crippen LogP contribution in [0.25, 0.3) is 22.0 Å². The number of nitrogens with two attached hydrogens (primary N) is 1. The molecule has 1 fully saturated rings. The molecule has 5 N–H and O–H groups in total. The summed E-state index contributed by atoms with van der Waals surface area (Å²) in [7, 11) is 0. The van der Waals surface area contributed by atoms with Crippen LogP contribution >= 0.6 is 0 Å². The molecule has 0 aliphatic carbocycles. The van der Waals surface area contributed by atoms with E-state index in [2.05, 4.69) is 15.6 Å². The Labute approximate surface area is 163 Å². The fourth-order valence-corrected chi connectivity index (χ4v) is 3.67. The van der Waals surface area contributed by atoms with Gasteiger partial charge >= 0.3 is 0 Å². The van der Waals surface area contributed by atoms with Gasteiger partial charge in [0.2, 0.25) is 5.91 Å². The van der Waals surface area contributed by atoms with Crippen LogP contribution in [-0.4, -0.2) is 36.4 Å². The van der Waals surface area contributed by atoms with Gasteiger partial charge in [0, 0.05) is 23.0 Å². The monoisotopic (exact) mass is 376 g/mol. The van der Waals surface area contributed by atoms with Crippen LogP contribution in [0.4, 0.5) is 0 Å². The minimum Gasteiger partial charge on any atom is -0.366 e. The number of aromatic nitrogens is 1. The molecule has 0 atom stereocenters. The zero-order chi connectivity index (χ0) is 19.5. The highest BCUT2D eigenvalue weighted by atomic mass is 16.2. The molecule has 1 aromatic heterocycles. The molecule has 2 heterocycles. The smallest absolute Gasteiger partial charge is 0.267 e. The number of fused-ring (bicyclic) bond motifs is 1. The fourth-order valence-electron chi connectivity index (χ4n) is 3.67. The second-order valence-electron chi connectivity index (χ2n) is 7.33. The minimum atomic E-state index is -0.438. The van der Waals surface area contributed by atoms with E-state index in [4.69, 9.17) is 5.73 Å². The summed E-state index contributed by atoms with van der Waals surface area (Å²) < 4.78 is 0. The Morgan fingerprint density at radius 2 is 1.71 bits per heavy atom. The van der Waals surface area contributed by atoms with E-state index >= 15 is 0 Å². The van der Waals surface area contributed by atoms with Gasteiger partial charge in [-0.25, -0.2) is 0 Å². The lowest BCUT2D eigenvalue weighted by Crippen LogP contribution is -2.36. The molecule has 1 aliphatic heterocycles. The first-order chi connectivity index (χ1) is 13.6. The van der Waals surface area contributed by atoms with Crippen molar-refractivity contribution in [2.45, 2.75) is 12.8 Å². The Bertz CT molecular complexity index is 1000. The van der Waals surface area contributed by atoms with Crippen LogP contribution in [-0.2, 0) is 0 Å². The van der Waals surface area contributed by atoms with E-state index in [0.717, 1.165) is 48.0 Å². The molecule has 1 aliphatic rings. The number of amides is 2. The average Bonchev–Trinajstić information content (AvgIpc) is 3.16. The number of carbonyl (C=O) groups excluding carboxylic acids is 2. The maximum Gasteiger partial charge on any atom is 0.267 e. The Kier molecular flexibility index (Phi) is 5.12. The predicted octanol–water partition coefficient (Wildman–Crippen LogP) is 2.66. The molecule has 2 aromatic carbocycles. The summed E-state index contributed by atoms with van der Waals surface area (Å²) in [6, 6.07) is 15.1. The maximum absolute atomic E-state index is 12.5. The first-order valence-corrected chi connectivity index (χ1v) is 9.62. The van der Waals surface area contributed by atoms with E-state index < -0.39 is 5.91 Å². The Hall–Kier alpha value is -3.12. The second-order valence-corrected chi connectivity index (χ2v) is 7.33. The largest absolute Gasteiger partial charge is 0.366 e. The molecule has 0 radical (unpaired) electrons. The maximum atomic E-state index is 12.5. The summed E-state index contributed by atoms with van der Waals surface area (Å²) in [5.74, 6) is 0.0400. The highest BCUT2D eigenvalue weighted by Gasteiger charge is 2.16. The molecule has 2 amide bonds. The summed E-state index contributed by atoms with van der Waals surface area (Å²) in [6.07, 6.45) is 2.20. The van der Waals surface area contributed by atoms with E-state index in [0.29, 0.717) is 23.7 Å². The van der Waals surface area contributed by atoms with Gasteiger partial charge in [0.1, 0.15) is 5.69 Å². The Balaban J connectivity index is 1.49. The second kappa shape index (κ2) is 7.86. The zero-order valence-electron chi connectivity index (χ0n) is 15.6. The van der Waals surface area contributed by atoms with Crippen LogP contribution in [0.15, 0.2) is 48.5 Å². The van der Waals surface area contributed by atoms with E-state index in [1.165, 1.54) is 0 Å². The van der Waals surface area contributed by atoms with Crippen molar-refractivity contribution in [3.8, 4) is 11.1 Å². The van der Waals surface area contributed by atoms with Crippen molar-refractivity contribution in [1.29, 1.82) is 0 Å². The first kappa shape index (κ1) is 18.3. The number of piperidine rings is 1. The van der Waals surface area contributed by atoms with Gasteiger partial charge in [-0.3, -0.25) is 9.59 Å². The van der Waals surface area contributed by atoms with Crippen LogP contribution in [0.3, 0.4) is 0 Å². The van der Waals surface area contributed by atoms with E-state index in [-0.39, 0.29) is 5.91 Å². The first-order valence-electron chi connectivity index (χ1n) is 9.62. The average molecular weight is 376 g/mol. The number of H-pyrrole nitrogens is 1. The molecule has 0 unspecified atom stereocenters. The Morgan fingerprint density at radius 3 is 2.43 bits per heavy atom. The number of aromatic amines is 1. The summed E-state index contributed by atoms with van der Waals surface area (Å²) in [5, 5.41) is 7.38. The molecule has 3 aromatic rings. The highest BCUT2D eigenvalue weighted by Crippen LogP contribution is 2.25. The van der Waals surface area contributed by atoms with E-state index in [1.807, 2.05) is 36.4 Å². The SMILES string of the molecule is NC(=O)c1ccc(-c2ccc3cc(C(=O)NCC4CCNCC4)[nH]c3c2)cc1. The van der Waals surface area contributed by atoms with Crippen molar-refractivity contribution in [1.82, 2.24) is 15.6 Å². The third-order valence-corrected chi connectivity index (χ3v) is 5.38. The molecule has 28 heavy (non-hydrogen) atoms. The van der Waals surface area contributed by atoms with Crippen LogP contribution in [0.1, 0.15) is 33.7 Å². The summed E-state index contributed by atoms with van der Waals surface area (Å²) in [5.41, 5.74) is 9.25. The third kappa shape index (κ3) is 3.92. The van der Waals surface area contributed by atoms with Crippen molar-refractivity contribution < 1.29 is 9.59 Å². The van der Waals surface area contributed by atoms with Crippen molar-refractivity contribution in [3.63, 3.8) is 0 Å². The topological polar surface area (TPSA) is 100 Å². The predicted molar refractivity (Wildman–Crippen MR) is 110 cm³/mol. The number of benzene rings is 2. The van der Waals surface area contributed by atoms with Crippen LogP contribution < -0.4 is 16.4 Å². The molecule has 4 rings (SSSR count). The molecule has 144 valence electrons. The van der Waals surface area contributed by atoms with Gasteiger partial charge in [-0.2, -0.15) is 0 Å². The molecular formula is C22H24N4O2. The summed E-state index contributed by atoms with van der Waals surface area (Å²) >= 11 is 0. The van der Waals surface area contributed by atoms with Gasteiger partial charge in [0.15, 0.2) is 0 Å². The van der Waals surface area contributed by atoms with Crippen molar-refractivity contribution in [3.05, 3.63) is 59.8 Å². The minimum absolute atomic E-state index is 0.0675. The number of carbonyl (C=O) groups is 2. The molecule has 6 heteroatoms. The van der Waals surface area contributed by atoms with Crippen LogP contribution in [0.2, 0.25) is 0 Å². The van der Waals surface area contributed by atoms with Crippen molar-refractivity contribution >= 4 is 22.7 Å². The number of primary amides is 1. The lowest BCUT2D eigenvalue weighted by molar-refractivity contribution is 0.0939. The summed E-state index contributed by atoms with van der Waals surface area (Å²) in [6.45, 7) is 2.76. The number of rotatable bonds is 5. The van der Waals surface area contributed by atoms with Crippen LogP contribution in [0.5, 0.6) is 0 Å². The normalized spacial score (nSPS) is 14.9. The van der Waals surface area contributed by atoms with Gasteiger partial charge in [-0.1, -0.05) is 24.3 Å². The van der Waals surface area contributed by atoms with Gasteiger partial charge in [0.05, 0.1) is 0 Å². The van der Waals surface area contributed by atoms with Crippen molar-refractivity contribution in [2.24, 2.45) is 11.7 Å².